The van der Waals surface area contributed by atoms with Crippen LogP contribution in [0.25, 0.3) is 5.65 Å². The van der Waals surface area contributed by atoms with E-state index in [1.807, 2.05) is 23.0 Å². The highest BCUT2D eigenvalue weighted by molar-refractivity contribution is 5.65. The van der Waals surface area contributed by atoms with Crippen molar-refractivity contribution in [3.8, 4) is 0 Å². The lowest BCUT2D eigenvalue weighted by molar-refractivity contribution is 0.536. The molecule has 0 radical (unpaired) electrons. The van der Waals surface area contributed by atoms with Crippen LogP contribution in [-0.2, 0) is 0 Å². The van der Waals surface area contributed by atoms with Gasteiger partial charge in [0.2, 0.25) is 0 Å². The fraction of sp³-hybridized carbons (Fsp3) is 0.600. The van der Waals surface area contributed by atoms with Gasteiger partial charge in [-0.2, -0.15) is 0 Å². The molecule has 1 fully saturated rings. The fourth-order valence-corrected chi connectivity index (χ4v) is 2.48. The van der Waals surface area contributed by atoms with Crippen LogP contribution < -0.4 is 10.6 Å². The Morgan fingerprint density at radius 1 is 1.40 bits per heavy atom. The number of aromatic nitrogens is 3. The zero-order chi connectivity index (χ0) is 13.9. The molecule has 0 spiro atoms. The first-order chi connectivity index (χ1) is 9.78. The van der Waals surface area contributed by atoms with Gasteiger partial charge in [0, 0.05) is 25.5 Å². The van der Waals surface area contributed by atoms with E-state index in [9.17, 15) is 0 Å². The first-order valence-electron chi connectivity index (χ1n) is 7.59. The van der Waals surface area contributed by atoms with Crippen LogP contribution in [0.5, 0.6) is 0 Å². The Labute approximate surface area is 119 Å². The quantitative estimate of drug-likeness (QED) is 0.814. The number of fused-ring (bicyclic) bond motifs is 1. The number of imidazole rings is 1. The van der Waals surface area contributed by atoms with Crippen molar-refractivity contribution in [2.24, 2.45) is 11.8 Å². The highest BCUT2D eigenvalue weighted by atomic mass is 15.1. The molecule has 1 aliphatic carbocycles. The maximum atomic E-state index is 4.66. The molecule has 1 aliphatic rings. The molecule has 1 saturated carbocycles. The van der Waals surface area contributed by atoms with E-state index in [2.05, 4.69) is 34.4 Å². The molecule has 5 nitrogen and oxygen atoms in total. The second-order valence-corrected chi connectivity index (χ2v) is 5.76. The Balaban J connectivity index is 1.77. The van der Waals surface area contributed by atoms with Gasteiger partial charge in [-0.15, -0.1) is 0 Å². The number of nitrogens with zero attached hydrogens (tertiary/aromatic N) is 3. The summed E-state index contributed by atoms with van der Waals surface area (Å²) in [6.07, 6.45) is 9.62. The normalized spacial score (nSPS) is 16.3. The van der Waals surface area contributed by atoms with Gasteiger partial charge in [0.25, 0.3) is 0 Å². The highest BCUT2D eigenvalue weighted by Crippen LogP contribution is 2.36. The zero-order valence-electron chi connectivity index (χ0n) is 12.3. The number of rotatable bonds is 7. The van der Waals surface area contributed by atoms with Crippen molar-refractivity contribution >= 4 is 17.3 Å². The minimum absolute atomic E-state index is 0.707. The van der Waals surface area contributed by atoms with Crippen LogP contribution in [0, 0.1) is 11.8 Å². The second-order valence-electron chi connectivity index (χ2n) is 5.76. The van der Waals surface area contributed by atoms with Crippen LogP contribution in [-0.4, -0.2) is 27.5 Å². The van der Waals surface area contributed by atoms with Crippen LogP contribution in [0.2, 0.25) is 0 Å². The molecule has 1 unspecified atom stereocenters. The van der Waals surface area contributed by atoms with Crippen LogP contribution in [0.1, 0.15) is 33.1 Å². The van der Waals surface area contributed by atoms with Gasteiger partial charge in [0.15, 0.2) is 11.5 Å². The molecule has 0 amide bonds. The van der Waals surface area contributed by atoms with Crippen LogP contribution >= 0.6 is 0 Å². The lowest BCUT2D eigenvalue weighted by Crippen LogP contribution is -2.15. The molecule has 5 heteroatoms. The molecule has 2 aromatic heterocycles. The minimum atomic E-state index is 0.707. The average Bonchev–Trinajstić information content (AvgIpc) is 3.20. The van der Waals surface area contributed by atoms with Gasteiger partial charge >= 0.3 is 0 Å². The van der Waals surface area contributed by atoms with Crippen LogP contribution in [0.3, 0.4) is 0 Å². The van der Waals surface area contributed by atoms with E-state index in [0.29, 0.717) is 5.92 Å². The summed E-state index contributed by atoms with van der Waals surface area (Å²) in [5.74, 6) is 3.39. The van der Waals surface area contributed by atoms with Gasteiger partial charge in [-0.1, -0.05) is 13.8 Å². The largest absolute Gasteiger partial charge is 0.369 e. The predicted molar refractivity (Wildman–Crippen MR) is 82.1 cm³/mol. The van der Waals surface area contributed by atoms with Crippen molar-refractivity contribution in [2.45, 2.75) is 33.1 Å². The fourth-order valence-electron chi connectivity index (χ4n) is 2.48. The topological polar surface area (TPSA) is 54.2 Å². The summed E-state index contributed by atoms with van der Waals surface area (Å²) in [6, 6.07) is 0. The maximum Gasteiger partial charge on any atom is 0.180 e. The number of hydrogen-bond donors (Lipinski definition) is 2. The molecule has 0 aromatic carbocycles. The monoisotopic (exact) mass is 273 g/mol. The van der Waals surface area contributed by atoms with Crippen molar-refractivity contribution in [1.82, 2.24) is 14.4 Å². The zero-order valence-corrected chi connectivity index (χ0v) is 12.3. The molecule has 3 rings (SSSR count). The second kappa shape index (κ2) is 5.69. The minimum Gasteiger partial charge on any atom is -0.369 e. The lowest BCUT2D eigenvalue weighted by Gasteiger charge is -2.14. The van der Waals surface area contributed by atoms with E-state index in [1.165, 1.54) is 12.8 Å². The average molecular weight is 273 g/mol. The Bertz CT molecular complexity index is 573. The smallest absolute Gasteiger partial charge is 0.180 e. The maximum absolute atomic E-state index is 4.66. The summed E-state index contributed by atoms with van der Waals surface area (Å²) in [6.45, 7) is 6.37. The molecule has 1 atom stereocenters. The summed E-state index contributed by atoms with van der Waals surface area (Å²) in [5.41, 5.74) is 0.898. The van der Waals surface area contributed by atoms with Crippen LogP contribution in [0.4, 0.5) is 11.6 Å². The standard InChI is InChI=1S/C15H23N5/c1-3-6-16-13-10-20-8-7-17-15(20)14(19-13)18-9-11(2)12-4-5-12/h7-8,10-12,16H,3-6,9H2,1-2H3,(H,18,19). The van der Waals surface area contributed by atoms with E-state index in [0.717, 1.165) is 42.7 Å². The molecule has 2 aromatic rings. The first kappa shape index (κ1) is 13.2. The van der Waals surface area contributed by atoms with Crippen molar-refractivity contribution in [1.29, 1.82) is 0 Å². The van der Waals surface area contributed by atoms with E-state index in [-0.39, 0.29) is 0 Å². The molecule has 0 aliphatic heterocycles. The summed E-state index contributed by atoms with van der Waals surface area (Å²) >= 11 is 0. The Hall–Kier alpha value is -1.78. The Morgan fingerprint density at radius 3 is 3.00 bits per heavy atom. The van der Waals surface area contributed by atoms with Crippen LogP contribution in [0.15, 0.2) is 18.6 Å². The first-order valence-corrected chi connectivity index (χ1v) is 7.59. The number of anilines is 2. The van der Waals surface area contributed by atoms with E-state index in [4.69, 9.17) is 0 Å². The van der Waals surface area contributed by atoms with Gasteiger partial charge in [-0.25, -0.2) is 9.97 Å². The van der Waals surface area contributed by atoms with Crippen molar-refractivity contribution in [3.63, 3.8) is 0 Å². The third-order valence-electron chi connectivity index (χ3n) is 3.95. The number of hydrogen-bond acceptors (Lipinski definition) is 4. The van der Waals surface area contributed by atoms with Gasteiger partial charge in [-0.3, -0.25) is 0 Å². The van der Waals surface area contributed by atoms with Gasteiger partial charge < -0.3 is 15.0 Å². The third-order valence-corrected chi connectivity index (χ3v) is 3.95. The molecular formula is C15H23N5. The SMILES string of the molecule is CCCNc1cn2ccnc2c(NCC(C)C2CC2)n1. The Morgan fingerprint density at radius 2 is 2.25 bits per heavy atom. The third kappa shape index (κ3) is 2.86. The van der Waals surface area contributed by atoms with Gasteiger partial charge in [0.1, 0.15) is 5.82 Å². The van der Waals surface area contributed by atoms with E-state index in [1.54, 1.807) is 0 Å². The van der Waals surface area contributed by atoms with Crippen molar-refractivity contribution in [2.75, 3.05) is 23.7 Å². The number of nitrogens with one attached hydrogen (secondary N) is 2. The Kier molecular flexibility index (Phi) is 3.76. The van der Waals surface area contributed by atoms with Gasteiger partial charge in [0.05, 0.1) is 6.20 Å². The summed E-state index contributed by atoms with van der Waals surface area (Å²) in [5, 5.41) is 6.82. The molecule has 0 bridgehead atoms. The molecular weight excluding hydrogens is 250 g/mol. The molecule has 0 saturated heterocycles. The van der Waals surface area contributed by atoms with E-state index >= 15 is 0 Å². The molecule has 2 heterocycles. The molecule has 108 valence electrons. The summed E-state index contributed by atoms with van der Waals surface area (Å²) in [4.78, 5) is 9.05. The van der Waals surface area contributed by atoms with E-state index < -0.39 is 0 Å². The predicted octanol–water partition coefficient (Wildman–Crippen LogP) is 3.01. The summed E-state index contributed by atoms with van der Waals surface area (Å²) < 4.78 is 2.02. The molecule has 2 N–H and O–H groups in total. The van der Waals surface area contributed by atoms with Gasteiger partial charge in [-0.05, 0) is 31.1 Å². The van der Waals surface area contributed by atoms with Crippen molar-refractivity contribution in [3.05, 3.63) is 18.6 Å². The lowest BCUT2D eigenvalue weighted by atomic mass is 10.1. The highest BCUT2D eigenvalue weighted by Gasteiger charge is 2.27. The molecule has 20 heavy (non-hydrogen) atoms. The summed E-state index contributed by atoms with van der Waals surface area (Å²) in [7, 11) is 0. The van der Waals surface area contributed by atoms with Crippen molar-refractivity contribution < 1.29 is 0 Å².